The summed E-state index contributed by atoms with van der Waals surface area (Å²) in [5.74, 6) is -2.44. The number of aliphatic hydroxyl groups is 2. The van der Waals surface area contributed by atoms with Crippen molar-refractivity contribution in [1.29, 1.82) is 0 Å². The summed E-state index contributed by atoms with van der Waals surface area (Å²) in [6.07, 6.45) is -0.766. The first-order valence-corrected chi connectivity index (χ1v) is 5.20. The fourth-order valence-electron chi connectivity index (χ4n) is 0.862. The van der Waals surface area contributed by atoms with Crippen molar-refractivity contribution in [2.75, 3.05) is 40.4 Å². The highest BCUT2D eigenvalue weighted by atomic mass is 16.4. The zero-order valence-electron chi connectivity index (χ0n) is 10.3. The van der Waals surface area contributed by atoms with Crippen LogP contribution >= 0.6 is 0 Å². The Morgan fingerprint density at radius 3 is 1.65 bits per heavy atom. The van der Waals surface area contributed by atoms with Crippen molar-refractivity contribution >= 4 is 11.9 Å². The van der Waals surface area contributed by atoms with Gasteiger partial charge in [0.25, 0.3) is 0 Å². The van der Waals surface area contributed by atoms with Gasteiger partial charge >= 0.3 is 5.97 Å². The number of rotatable bonds is 7. The van der Waals surface area contributed by atoms with Gasteiger partial charge in [-0.1, -0.05) is 0 Å². The predicted octanol–water partition coefficient (Wildman–Crippen LogP) is -2.35. The number of carboxylic acids is 2. The molecule has 0 aromatic heterocycles. The van der Waals surface area contributed by atoms with Crippen molar-refractivity contribution in [3.8, 4) is 0 Å². The van der Waals surface area contributed by atoms with Crippen molar-refractivity contribution in [3.05, 3.63) is 0 Å². The highest BCUT2D eigenvalue weighted by molar-refractivity contribution is 5.74. The monoisotopic (exact) mass is 251 g/mol. The number of hydrogen-bond donors (Lipinski definition) is 3. The van der Waals surface area contributed by atoms with Crippen LogP contribution in [0.15, 0.2) is 0 Å². The van der Waals surface area contributed by atoms with Gasteiger partial charge in [0.05, 0.1) is 33.7 Å². The van der Waals surface area contributed by atoms with Gasteiger partial charge in [-0.2, -0.15) is 0 Å². The first kappa shape index (κ1) is 18.2. The van der Waals surface area contributed by atoms with Gasteiger partial charge in [-0.25, -0.2) is 0 Å². The van der Waals surface area contributed by atoms with E-state index in [9.17, 15) is 14.7 Å². The smallest absolute Gasteiger partial charge is 0.303 e. The first-order valence-electron chi connectivity index (χ1n) is 5.20. The molecule has 0 aliphatic heterocycles. The SMILES string of the molecule is C[N+](C)(CCO)CCO.O=C([O-])CCC(=O)O. The van der Waals surface area contributed by atoms with E-state index >= 15 is 0 Å². The average molecular weight is 251 g/mol. The van der Waals surface area contributed by atoms with E-state index in [-0.39, 0.29) is 19.6 Å². The molecule has 0 bridgehead atoms. The van der Waals surface area contributed by atoms with Crippen molar-refractivity contribution < 1.29 is 34.5 Å². The van der Waals surface area contributed by atoms with Crippen LogP contribution in [0.25, 0.3) is 0 Å². The summed E-state index contributed by atoms with van der Waals surface area (Å²) in [6.45, 7) is 1.79. The molecule has 0 heterocycles. The largest absolute Gasteiger partial charge is 0.550 e. The minimum atomic E-state index is -1.33. The fraction of sp³-hybridized carbons (Fsp3) is 0.800. The Balaban J connectivity index is 0. The van der Waals surface area contributed by atoms with E-state index < -0.39 is 18.4 Å². The van der Waals surface area contributed by atoms with Crippen LogP contribution in [0, 0.1) is 0 Å². The van der Waals surface area contributed by atoms with Gasteiger partial charge in [-0.15, -0.1) is 0 Å². The van der Waals surface area contributed by atoms with Crippen LogP contribution in [0.5, 0.6) is 0 Å². The fourth-order valence-corrected chi connectivity index (χ4v) is 0.862. The molecular weight excluding hydrogens is 230 g/mol. The van der Waals surface area contributed by atoms with Crippen LogP contribution in [-0.4, -0.2) is 72.1 Å². The molecule has 0 radical (unpaired) electrons. The molecule has 0 saturated heterocycles. The van der Waals surface area contributed by atoms with Gasteiger partial charge in [-0.3, -0.25) is 4.79 Å². The standard InChI is InChI=1S/C6H16NO2.C4H6O4/c1-7(2,3-5-8)4-6-9;5-3(6)1-2-4(7)8/h8-9H,3-6H2,1-2H3;1-2H2,(H,5,6)(H,7,8)/q+1;/p-1. The van der Waals surface area contributed by atoms with Gasteiger partial charge in [0.2, 0.25) is 0 Å². The number of hydrogen-bond acceptors (Lipinski definition) is 5. The number of carboxylic acid groups (broad SMARTS) is 2. The van der Waals surface area contributed by atoms with Crippen LogP contribution in [-0.2, 0) is 9.59 Å². The third-order valence-electron chi connectivity index (χ3n) is 1.95. The van der Waals surface area contributed by atoms with Crippen LogP contribution < -0.4 is 5.11 Å². The minimum Gasteiger partial charge on any atom is -0.550 e. The summed E-state index contributed by atoms with van der Waals surface area (Å²) in [6, 6.07) is 0. The highest BCUT2D eigenvalue weighted by Gasteiger charge is 2.11. The van der Waals surface area contributed by atoms with Gasteiger partial charge in [-0.05, 0) is 6.42 Å². The van der Waals surface area contributed by atoms with Crippen LogP contribution in [0.2, 0.25) is 0 Å². The van der Waals surface area contributed by atoms with Gasteiger partial charge in [0.1, 0.15) is 13.1 Å². The van der Waals surface area contributed by atoms with Crippen molar-refractivity contribution in [2.45, 2.75) is 12.8 Å². The summed E-state index contributed by atoms with van der Waals surface area (Å²) in [7, 11) is 3.96. The lowest BCUT2D eigenvalue weighted by Crippen LogP contribution is -2.43. The minimum absolute atomic E-state index is 0.188. The van der Waals surface area contributed by atoms with Crippen LogP contribution in [0.1, 0.15) is 12.8 Å². The number of aliphatic hydroxyl groups excluding tert-OH is 2. The average Bonchev–Trinajstić information content (AvgIpc) is 2.15. The maximum absolute atomic E-state index is 9.61. The Morgan fingerprint density at radius 1 is 1.06 bits per heavy atom. The molecule has 0 atom stereocenters. The number of quaternary nitrogens is 1. The first-order chi connectivity index (χ1) is 7.75. The van der Waals surface area contributed by atoms with E-state index in [0.717, 1.165) is 0 Å². The molecule has 102 valence electrons. The Morgan fingerprint density at radius 2 is 1.47 bits per heavy atom. The lowest BCUT2D eigenvalue weighted by Gasteiger charge is -2.27. The molecule has 3 N–H and O–H groups in total. The van der Waals surface area contributed by atoms with Crippen molar-refractivity contribution in [2.24, 2.45) is 0 Å². The second-order valence-corrected chi connectivity index (χ2v) is 4.10. The van der Waals surface area contributed by atoms with Gasteiger partial charge in [0.15, 0.2) is 0 Å². The quantitative estimate of drug-likeness (QED) is 0.436. The molecule has 0 fully saturated rings. The molecule has 17 heavy (non-hydrogen) atoms. The predicted molar refractivity (Wildman–Crippen MR) is 57.9 cm³/mol. The number of likely N-dealkylation sites (N-methyl/N-ethyl adjacent to an activating group) is 1. The number of nitrogens with zero attached hydrogens (tertiary/aromatic N) is 1. The summed E-state index contributed by atoms with van der Waals surface area (Å²) in [5, 5.41) is 34.5. The zero-order chi connectivity index (χ0) is 13.9. The Bertz CT molecular complexity index is 207. The second kappa shape index (κ2) is 10.0. The third-order valence-corrected chi connectivity index (χ3v) is 1.95. The molecule has 0 rings (SSSR count). The lowest BCUT2D eigenvalue weighted by atomic mass is 10.3. The van der Waals surface area contributed by atoms with E-state index in [2.05, 4.69) is 0 Å². The van der Waals surface area contributed by atoms with Crippen LogP contribution in [0.4, 0.5) is 0 Å². The summed E-state index contributed by atoms with van der Waals surface area (Å²) in [5.41, 5.74) is 0. The van der Waals surface area contributed by atoms with E-state index in [4.69, 9.17) is 15.3 Å². The second-order valence-electron chi connectivity index (χ2n) is 4.10. The van der Waals surface area contributed by atoms with E-state index in [1.54, 1.807) is 0 Å². The van der Waals surface area contributed by atoms with E-state index in [1.165, 1.54) is 0 Å². The van der Waals surface area contributed by atoms with E-state index in [1.807, 2.05) is 14.1 Å². The summed E-state index contributed by atoms with van der Waals surface area (Å²) in [4.78, 5) is 19.1. The zero-order valence-corrected chi connectivity index (χ0v) is 10.3. The third kappa shape index (κ3) is 17.4. The molecule has 7 heteroatoms. The Labute approximate surface area is 100 Å². The Kier molecular flexibility index (Phi) is 10.7. The maximum Gasteiger partial charge on any atom is 0.303 e. The Hall–Kier alpha value is -1.18. The normalized spacial score (nSPS) is 10.4. The maximum atomic E-state index is 9.61. The summed E-state index contributed by atoms with van der Waals surface area (Å²) >= 11 is 0. The molecular formula is C10H21NO6. The number of carbonyl (C=O) groups excluding carboxylic acids is 1. The van der Waals surface area contributed by atoms with Gasteiger partial charge < -0.3 is 29.7 Å². The molecule has 0 spiro atoms. The molecule has 0 aliphatic carbocycles. The topological polar surface area (TPSA) is 118 Å². The lowest BCUT2D eigenvalue weighted by molar-refractivity contribution is -0.890. The molecule has 0 unspecified atom stereocenters. The van der Waals surface area contributed by atoms with Crippen LogP contribution in [0.3, 0.4) is 0 Å². The molecule has 0 aromatic carbocycles. The highest BCUT2D eigenvalue weighted by Crippen LogP contribution is 1.92. The molecule has 7 nitrogen and oxygen atoms in total. The number of aliphatic carboxylic acids is 2. The van der Waals surface area contributed by atoms with E-state index in [0.29, 0.717) is 17.6 Å². The number of carbonyl (C=O) groups is 2. The summed E-state index contributed by atoms with van der Waals surface area (Å²) < 4.78 is 0.688. The van der Waals surface area contributed by atoms with Crippen molar-refractivity contribution in [3.63, 3.8) is 0 Å². The molecule has 0 amide bonds. The van der Waals surface area contributed by atoms with Crippen molar-refractivity contribution in [1.82, 2.24) is 0 Å². The molecule has 0 aliphatic rings. The molecule has 0 aromatic rings. The molecule has 0 saturated carbocycles. The van der Waals surface area contributed by atoms with Gasteiger partial charge in [0, 0.05) is 5.97 Å².